The highest BCUT2D eigenvalue weighted by Gasteiger charge is 2.43. The fourth-order valence-electron chi connectivity index (χ4n) is 4.70. The maximum absolute atomic E-state index is 12.4. The molecule has 5 heteroatoms. The Bertz CT molecular complexity index is 954. The molecular formula is C29H46O4Si. The molecule has 2 rings (SSSR count). The summed E-state index contributed by atoms with van der Waals surface area (Å²) in [6.45, 7) is 21.5. The van der Waals surface area contributed by atoms with Gasteiger partial charge in [0.1, 0.15) is 17.3 Å². The summed E-state index contributed by atoms with van der Waals surface area (Å²) in [6.07, 6.45) is 6.92. The Morgan fingerprint density at radius 3 is 2.47 bits per heavy atom. The molecule has 0 bridgehead atoms. The topological polar surface area (TPSA) is 63.6 Å². The molecule has 0 unspecified atom stereocenters. The molecule has 3 atom stereocenters. The molecule has 0 radical (unpaired) electrons. The van der Waals surface area contributed by atoms with Gasteiger partial charge >= 0.3 is 0 Å². The fourth-order valence-corrected chi connectivity index (χ4v) is 5.74. The largest absolute Gasteiger partial charge is 0.543 e. The molecule has 0 heterocycles. The van der Waals surface area contributed by atoms with Gasteiger partial charge in [0.25, 0.3) is 0 Å². The Morgan fingerprint density at radius 2 is 1.91 bits per heavy atom. The van der Waals surface area contributed by atoms with Crippen LogP contribution < -0.4 is 4.43 Å². The molecule has 0 amide bonds. The number of hydrogen-bond acceptors (Lipinski definition) is 4. The van der Waals surface area contributed by atoms with Crippen molar-refractivity contribution in [3.05, 3.63) is 34.4 Å². The second-order valence-electron chi connectivity index (χ2n) is 12.3. The molecule has 190 valence electrons. The minimum atomic E-state index is -2.13. The van der Waals surface area contributed by atoms with Crippen LogP contribution >= 0.6 is 0 Å². The molecule has 1 aromatic carbocycles. The van der Waals surface area contributed by atoms with Crippen LogP contribution in [0.25, 0.3) is 0 Å². The zero-order chi connectivity index (χ0) is 26.1. The van der Waals surface area contributed by atoms with Crippen LogP contribution in [0.3, 0.4) is 0 Å². The summed E-state index contributed by atoms with van der Waals surface area (Å²) >= 11 is 0. The minimum Gasteiger partial charge on any atom is -0.543 e. The molecule has 1 aliphatic rings. The first-order chi connectivity index (χ1) is 15.5. The molecule has 1 fully saturated rings. The Hall–Kier alpha value is -1.88. The predicted molar refractivity (Wildman–Crippen MR) is 143 cm³/mol. The van der Waals surface area contributed by atoms with Crippen molar-refractivity contribution < 1.29 is 19.1 Å². The molecule has 0 aliphatic heterocycles. The lowest BCUT2D eigenvalue weighted by Crippen LogP contribution is -2.44. The Kier molecular flexibility index (Phi) is 8.67. The van der Waals surface area contributed by atoms with Crippen molar-refractivity contribution in [3.63, 3.8) is 0 Å². The van der Waals surface area contributed by atoms with E-state index in [9.17, 15) is 14.7 Å². The van der Waals surface area contributed by atoms with E-state index in [1.54, 1.807) is 0 Å². The minimum absolute atomic E-state index is 0.0116. The first kappa shape index (κ1) is 28.4. The maximum Gasteiger partial charge on any atom is 0.250 e. The third-order valence-electron chi connectivity index (χ3n) is 9.03. The van der Waals surface area contributed by atoms with Crippen LogP contribution in [0.4, 0.5) is 0 Å². The lowest BCUT2D eigenvalue weighted by molar-refractivity contribution is -0.132. The van der Waals surface area contributed by atoms with Gasteiger partial charge in [0.05, 0.1) is 5.56 Å². The van der Waals surface area contributed by atoms with Crippen molar-refractivity contribution in [2.75, 3.05) is 0 Å². The molecule has 34 heavy (non-hydrogen) atoms. The highest BCUT2D eigenvalue weighted by atomic mass is 28.4. The molecule has 1 saturated carbocycles. The third-order valence-corrected chi connectivity index (χ3v) is 13.4. The zero-order valence-electron chi connectivity index (χ0n) is 23.1. The van der Waals surface area contributed by atoms with Crippen molar-refractivity contribution in [1.82, 2.24) is 0 Å². The number of carbonyl (C=O) groups is 2. The number of ketones is 1. The fraction of sp³-hybridized carbons (Fsp3) is 0.655. The van der Waals surface area contributed by atoms with E-state index < -0.39 is 8.32 Å². The second kappa shape index (κ2) is 10.4. The van der Waals surface area contributed by atoms with Gasteiger partial charge in [0.15, 0.2) is 6.29 Å². The van der Waals surface area contributed by atoms with Crippen molar-refractivity contribution in [2.24, 2.45) is 17.3 Å². The van der Waals surface area contributed by atoms with Gasteiger partial charge in [-0.1, -0.05) is 53.2 Å². The van der Waals surface area contributed by atoms with Crippen LogP contribution in [0, 0.1) is 24.2 Å². The van der Waals surface area contributed by atoms with E-state index in [1.165, 1.54) is 5.57 Å². The van der Waals surface area contributed by atoms with E-state index in [1.807, 2.05) is 13.0 Å². The number of hydrogen-bond donors (Lipinski definition) is 1. The first-order valence-electron chi connectivity index (χ1n) is 12.7. The van der Waals surface area contributed by atoms with Gasteiger partial charge in [0.2, 0.25) is 8.32 Å². The van der Waals surface area contributed by atoms with E-state index in [0.717, 1.165) is 31.1 Å². The molecule has 0 aromatic heterocycles. The van der Waals surface area contributed by atoms with Crippen LogP contribution in [-0.4, -0.2) is 25.5 Å². The monoisotopic (exact) mass is 486 g/mol. The number of allylic oxidation sites excluding steroid dienone is 2. The van der Waals surface area contributed by atoms with Gasteiger partial charge in [-0.25, -0.2) is 0 Å². The normalized spacial score (nSPS) is 24.3. The predicted octanol–water partition coefficient (Wildman–Crippen LogP) is 7.81. The summed E-state index contributed by atoms with van der Waals surface area (Å²) in [4.78, 5) is 24.0. The van der Waals surface area contributed by atoms with Crippen molar-refractivity contribution in [3.8, 4) is 11.5 Å². The molecule has 0 spiro atoms. The van der Waals surface area contributed by atoms with Gasteiger partial charge < -0.3 is 9.53 Å². The highest BCUT2D eigenvalue weighted by Crippen LogP contribution is 2.47. The summed E-state index contributed by atoms with van der Waals surface area (Å²) in [5.41, 5.74) is 2.97. The van der Waals surface area contributed by atoms with Gasteiger partial charge in [-0.2, -0.15) is 0 Å². The zero-order valence-corrected chi connectivity index (χ0v) is 24.1. The van der Waals surface area contributed by atoms with Gasteiger partial charge in [-0.05, 0) is 80.6 Å². The second-order valence-corrected chi connectivity index (χ2v) is 17.0. The van der Waals surface area contributed by atoms with Gasteiger partial charge in [-0.15, -0.1) is 0 Å². The molecule has 1 N–H and O–H groups in total. The van der Waals surface area contributed by atoms with Crippen LogP contribution in [0.1, 0.15) is 95.6 Å². The average molecular weight is 487 g/mol. The molecule has 1 aromatic rings. The number of carbonyl (C=O) groups excluding carboxylic acids is 2. The highest BCUT2D eigenvalue weighted by molar-refractivity contribution is 6.74. The maximum atomic E-state index is 12.4. The standard InChI is InChI=1S/C29H46O4Si/c1-19(15-16-29(8)21(3)12-14-25(31)22(29)4)11-13-23-26(33-34(9,10)28(5,6)7)17-20(2)24(18-30)27(23)32/h11,17-18,21-22,32H,12-16H2,1-10H3/b19-11+/t21-,22+,29+/m1/s1. The molecule has 1 aliphatic carbocycles. The number of Topliss-reactive ketones (excluding diaryl/α,β-unsaturated/α-hetero) is 1. The van der Waals surface area contributed by atoms with E-state index in [4.69, 9.17) is 4.43 Å². The van der Waals surface area contributed by atoms with Gasteiger partial charge in [-0.3, -0.25) is 9.59 Å². The number of aromatic hydroxyl groups is 1. The van der Waals surface area contributed by atoms with Crippen LogP contribution in [-0.2, 0) is 11.2 Å². The van der Waals surface area contributed by atoms with Crippen LogP contribution in [0.15, 0.2) is 17.7 Å². The SMILES string of the molecule is C/C(=C\Cc1c(O[Si](C)(C)C(C)(C)C)cc(C)c(C=O)c1O)CC[C@@]1(C)[C@H](C)CCC(=O)[C@@H]1C. The first-order valence-corrected chi connectivity index (χ1v) is 15.6. The Morgan fingerprint density at radius 1 is 1.29 bits per heavy atom. The van der Waals surface area contributed by atoms with Crippen molar-refractivity contribution in [2.45, 2.75) is 106 Å². The lowest BCUT2D eigenvalue weighted by Gasteiger charge is -2.44. The van der Waals surface area contributed by atoms with Gasteiger partial charge in [0, 0.05) is 17.9 Å². The summed E-state index contributed by atoms with van der Waals surface area (Å²) in [5.74, 6) is 1.71. The molecule has 0 saturated heterocycles. The van der Waals surface area contributed by atoms with Crippen molar-refractivity contribution >= 4 is 20.4 Å². The van der Waals surface area contributed by atoms with Crippen LogP contribution in [0.5, 0.6) is 11.5 Å². The summed E-state index contributed by atoms with van der Waals surface area (Å²) in [6, 6.07) is 1.90. The average Bonchev–Trinajstić information content (AvgIpc) is 2.72. The summed E-state index contributed by atoms with van der Waals surface area (Å²) < 4.78 is 6.60. The number of rotatable bonds is 8. The number of aryl methyl sites for hydroxylation is 1. The molecule has 4 nitrogen and oxygen atoms in total. The van der Waals surface area contributed by atoms with E-state index >= 15 is 0 Å². The Labute approximate surface area is 208 Å². The number of phenols is 1. The number of benzene rings is 1. The lowest BCUT2D eigenvalue weighted by atomic mass is 9.59. The third kappa shape index (κ3) is 5.84. The van der Waals surface area contributed by atoms with E-state index in [0.29, 0.717) is 41.4 Å². The van der Waals surface area contributed by atoms with Crippen LogP contribution in [0.2, 0.25) is 18.1 Å². The summed E-state index contributed by atoms with van der Waals surface area (Å²) in [5, 5.41) is 11.0. The van der Waals surface area contributed by atoms with Crippen molar-refractivity contribution in [1.29, 1.82) is 0 Å². The molecular weight excluding hydrogens is 440 g/mol. The number of phenolic OH excluding ortho intramolecular Hbond substituents is 1. The quantitative estimate of drug-likeness (QED) is 0.231. The smallest absolute Gasteiger partial charge is 0.250 e. The van der Waals surface area contributed by atoms with E-state index in [-0.39, 0.29) is 22.1 Å². The number of aldehydes is 1. The summed E-state index contributed by atoms with van der Waals surface area (Å²) in [7, 11) is -2.13. The van der Waals surface area contributed by atoms with E-state index in [2.05, 4.69) is 67.6 Å². The Balaban J connectivity index is 2.31.